The summed E-state index contributed by atoms with van der Waals surface area (Å²) in [5.74, 6) is 1.04. The minimum absolute atomic E-state index is 0.230. The number of nitrogens with one attached hydrogen (secondary N) is 1. The van der Waals surface area contributed by atoms with Gasteiger partial charge in [-0.25, -0.2) is 0 Å². The molecule has 0 bridgehead atoms. The standard InChI is InChI=1S/C34H39F3N2O/c35-34(36,37)31-14-11-27(12-15-31)29-13-17-33-30(24-29)19-22-39(33)32(16-8-25-4-1-2-5-25)28-9-6-26(7-10-28)18-21-38-20-3-23-40/h6-7,9-15,17,19,22-23,25,30,32,38H,1-5,8,16,18,20-21,24H2. The molecule has 6 heteroatoms. The molecule has 0 aromatic heterocycles. The molecular formula is C34H39F3N2O. The maximum atomic E-state index is 13.0. The van der Waals surface area contributed by atoms with E-state index in [0.29, 0.717) is 6.42 Å². The number of hydrogen-bond acceptors (Lipinski definition) is 3. The van der Waals surface area contributed by atoms with E-state index in [9.17, 15) is 18.0 Å². The minimum Gasteiger partial charge on any atom is -0.344 e. The van der Waals surface area contributed by atoms with Crippen molar-refractivity contribution < 1.29 is 18.0 Å². The van der Waals surface area contributed by atoms with Gasteiger partial charge in [-0.3, -0.25) is 0 Å². The molecule has 1 saturated carbocycles. The molecule has 40 heavy (non-hydrogen) atoms. The molecule has 2 unspecified atom stereocenters. The number of halogens is 3. The number of allylic oxidation sites excluding steroid dienone is 4. The number of fused-ring (bicyclic) bond motifs is 1. The number of nitrogens with zero attached hydrogens (tertiary/aromatic N) is 1. The molecule has 2 atom stereocenters. The molecule has 1 N–H and O–H groups in total. The molecule has 1 heterocycles. The highest BCUT2D eigenvalue weighted by Crippen LogP contribution is 2.44. The first-order valence-electron chi connectivity index (χ1n) is 14.7. The van der Waals surface area contributed by atoms with Crippen LogP contribution in [0.5, 0.6) is 0 Å². The van der Waals surface area contributed by atoms with Gasteiger partial charge < -0.3 is 15.0 Å². The molecule has 3 aliphatic rings. The van der Waals surface area contributed by atoms with E-state index in [1.165, 1.54) is 61.1 Å². The van der Waals surface area contributed by atoms with Crippen LogP contribution in [0.4, 0.5) is 13.2 Å². The van der Waals surface area contributed by atoms with Crippen LogP contribution in [0.2, 0.25) is 0 Å². The van der Waals surface area contributed by atoms with Gasteiger partial charge in [0.05, 0.1) is 11.6 Å². The smallest absolute Gasteiger partial charge is 0.344 e. The molecule has 0 amide bonds. The van der Waals surface area contributed by atoms with Gasteiger partial charge in [0.1, 0.15) is 6.29 Å². The highest BCUT2D eigenvalue weighted by Gasteiger charge is 2.33. The molecule has 0 saturated heterocycles. The second-order valence-corrected chi connectivity index (χ2v) is 11.4. The van der Waals surface area contributed by atoms with E-state index in [1.54, 1.807) is 12.1 Å². The Morgan fingerprint density at radius 2 is 1.73 bits per heavy atom. The zero-order valence-electron chi connectivity index (χ0n) is 23.0. The van der Waals surface area contributed by atoms with Crippen molar-refractivity contribution >= 4 is 11.9 Å². The van der Waals surface area contributed by atoms with Gasteiger partial charge in [-0.15, -0.1) is 0 Å². The molecule has 2 aromatic carbocycles. The molecule has 5 rings (SSSR count). The van der Waals surface area contributed by atoms with Crippen molar-refractivity contribution in [3.8, 4) is 0 Å². The van der Waals surface area contributed by atoms with Crippen molar-refractivity contribution in [1.29, 1.82) is 0 Å². The Morgan fingerprint density at radius 1 is 0.975 bits per heavy atom. The average molecular weight is 549 g/mol. The second-order valence-electron chi connectivity index (χ2n) is 11.4. The van der Waals surface area contributed by atoms with Gasteiger partial charge in [-0.05, 0) is 78.6 Å². The minimum atomic E-state index is -4.32. The Morgan fingerprint density at radius 3 is 2.42 bits per heavy atom. The second kappa shape index (κ2) is 13.0. The van der Waals surface area contributed by atoms with Crippen LogP contribution < -0.4 is 5.32 Å². The summed E-state index contributed by atoms with van der Waals surface area (Å²) in [6.07, 6.45) is 15.3. The van der Waals surface area contributed by atoms with Crippen LogP contribution in [0, 0.1) is 11.8 Å². The Balaban J connectivity index is 1.31. The van der Waals surface area contributed by atoms with Crippen LogP contribution in [0.3, 0.4) is 0 Å². The van der Waals surface area contributed by atoms with Gasteiger partial charge in [0.25, 0.3) is 0 Å². The van der Waals surface area contributed by atoms with E-state index >= 15 is 0 Å². The van der Waals surface area contributed by atoms with Crippen molar-refractivity contribution in [1.82, 2.24) is 10.2 Å². The number of carbonyl (C=O) groups is 1. The summed E-state index contributed by atoms with van der Waals surface area (Å²) >= 11 is 0. The Hall–Kier alpha value is -3.12. The lowest BCUT2D eigenvalue weighted by Crippen LogP contribution is -2.24. The number of carbonyl (C=O) groups excluding carboxylic acids is 1. The van der Waals surface area contributed by atoms with E-state index in [2.05, 4.69) is 58.9 Å². The van der Waals surface area contributed by atoms with Crippen molar-refractivity contribution in [2.75, 3.05) is 13.1 Å². The highest BCUT2D eigenvalue weighted by atomic mass is 19.4. The lowest BCUT2D eigenvalue weighted by Gasteiger charge is -2.34. The predicted octanol–water partition coefficient (Wildman–Crippen LogP) is 8.25. The summed E-state index contributed by atoms with van der Waals surface area (Å²) in [6.45, 7) is 1.58. The number of aldehydes is 1. The first kappa shape index (κ1) is 28.4. The van der Waals surface area contributed by atoms with Crippen LogP contribution in [0.1, 0.15) is 79.7 Å². The zero-order valence-corrected chi connectivity index (χ0v) is 23.0. The van der Waals surface area contributed by atoms with E-state index in [-0.39, 0.29) is 12.0 Å². The summed E-state index contributed by atoms with van der Waals surface area (Å²) < 4.78 is 39.1. The van der Waals surface area contributed by atoms with Gasteiger partial charge >= 0.3 is 6.18 Å². The van der Waals surface area contributed by atoms with Gasteiger partial charge in [0.2, 0.25) is 0 Å². The molecule has 3 nitrogen and oxygen atoms in total. The van der Waals surface area contributed by atoms with Crippen molar-refractivity contribution in [3.63, 3.8) is 0 Å². The van der Waals surface area contributed by atoms with Crippen molar-refractivity contribution in [2.24, 2.45) is 11.8 Å². The summed E-state index contributed by atoms with van der Waals surface area (Å²) in [5, 5.41) is 3.31. The largest absolute Gasteiger partial charge is 0.416 e. The molecular weight excluding hydrogens is 509 g/mol. The van der Waals surface area contributed by atoms with Crippen LogP contribution in [-0.2, 0) is 17.4 Å². The first-order chi connectivity index (χ1) is 19.4. The van der Waals surface area contributed by atoms with E-state index in [4.69, 9.17) is 0 Å². The lowest BCUT2D eigenvalue weighted by molar-refractivity contribution is -0.137. The van der Waals surface area contributed by atoms with Crippen molar-refractivity contribution in [3.05, 3.63) is 101 Å². The maximum Gasteiger partial charge on any atom is 0.416 e. The van der Waals surface area contributed by atoms with Gasteiger partial charge in [0, 0.05) is 30.8 Å². The zero-order chi connectivity index (χ0) is 28.0. The third kappa shape index (κ3) is 6.95. The molecule has 0 radical (unpaired) electrons. The summed E-state index contributed by atoms with van der Waals surface area (Å²) in [4.78, 5) is 12.9. The van der Waals surface area contributed by atoms with E-state index in [0.717, 1.165) is 55.7 Å². The fraction of sp³-hybridized carbons (Fsp3) is 0.441. The topological polar surface area (TPSA) is 32.3 Å². The van der Waals surface area contributed by atoms with Crippen LogP contribution in [-0.4, -0.2) is 24.3 Å². The molecule has 2 aliphatic carbocycles. The summed E-state index contributed by atoms with van der Waals surface area (Å²) in [5.41, 5.74) is 5.19. The van der Waals surface area contributed by atoms with E-state index < -0.39 is 11.7 Å². The third-order valence-corrected chi connectivity index (χ3v) is 8.69. The monoisotopic (exact) mass is 548 g/mol. The quantitative estimate of drug-likeness (QED) is 0.214. The number of hydrogen-bond donors (Lipinski definition) is 1. The Bertz CT molecular complexity index is 1220. The molecule has 1 fully saturated rings. The first-order valence-corrected chi connectivity index (χ1v) is 14.7. The predicted molar refractivity (Wildman–Crippen MR) is 154 cm³/mol. The lowest BCUT2D eigenvalue weighted by atomic mass is 9.87. The third-order valence-electron chi connectivity index (χ3n) is 8.69. The van der Waals surface area contributed by atoms with Crippen molar-refractivity contribution in [2.45, 2.75) is 70.0 Å². The number of alkyl halides is 3. The SMILES string of the molecule is O=CCCNCCc1ccc(C(CCC2CCCC2)N2C=CC3CC(c4ccc(C(F)(F)F)cc4)=CC=C32)cc1. The maximum absolute atomic E-state index is 13.0. The Kier molecular flexibility index (Phi) is 9.25. The summed E-state index contributed by atoms with van der Waals surface area (Å²) in [6, 6.07) is 14.8. The fourth-order valence-electron chi connectivity index (χ4n) is 6.40. The number of benzene rings is 2. The number of rotatable bonds is 12. The van der Waals surface area contributed by atoms with Crippen LogP contribution in [0.15, 0.2) is 78.7 Å². The van der Waals surface area contributed by atoms with Gasteiger partial charge in [-0.1, -0.05) is 74.2 Å². The average Bonchev–Trinajstić information content (AvgIpc) is 3.64. The molecule has 0 spiro atoms. The molecule has 212 valence electrons. The van der Waals surface area contributed by atoms with Crippen LogP contribution >= 0.6 is 0 Å². The van der Waals surface area contributed by atoms with E-state index in [1.807, 2.05) is 0 Å². The molecule has 2 aromatic rings. The fourth-order valence-corrected chi connectivity index (χ4v) is 6.40. The summed E-state index contributed by atoms with van der Waals surface area (Å²) in [7, 11) is 0. The van der Waals surface area contributed by atoms with Gasteiger partial charge in [-0.2, -0.15) is 13.2 Å². The van der Waals surface area contributed by atoms with Gasteiger partial charge in [0.15, 0.2) is 0 Å². The highest BCUT2D eigenvalue weighted by molar-refractivity contribution is 5.70. The van der Waals surface area contributed by atoms with Crippen LogP contribution in [0.25, 0.3) is 5.57 Å². The molecule has 1 aliphatic heterocycles. The normalized spacial score (nSPS) is 19.9. The Labute approximate surface area is 235 Å².